The minimum Gasteiger partial charge on any atom is -0.462 e. The first-order valence-electron chi connectivity index (χ1n) is 6.06. The third-order valence-electron chi connectivity index (χ3n) is 2.22. The van der Waals surface area contributed by atoms with Crippen LogP contribution in [0.2, 0.25) is 0 Å². The topological polar surface area (TPSA) is 90.2 Å². The maximum atomic E-state index is 11.5. The molecule has 18 heavy (non-hydrogen) atoms. The zero-order valence-electron chi connectivity index (χ0n) is 10.9. The van der Waals surface area contributed by atoms with E-state index in [0.29, 0.717) is 25.6 Å². The van der Waals surface area contributed by atoms with Crippen molar-refractivity contribution in [3.63, 3.8) is 0 Å². The van der Waals surface area contributed by atoms with Crippen molar-refractivity contribution in [1.82, 2.24) is 9.97 Å². The lowest BCUT2D eigenvalue weighted by atomic mass is 10.2. The van der Waals surface area contributed by atoms with Gasteiger partial charge in [-0.05, 0) is 5.92 Å². The highest BCUT2D eigenvalue weighted by atomic mass is 16.6. The van der Waals surface area contributed by atoms with Gasteiger partial charge >= 0.3 is 5.97 Å². The van der Waals surface area contributed by atoms with Gasteiger partial charge in [0.1, 0.15) is 12.6 Å². The molecule has 0 radical (unpaired) electrons. The van der Waals surface area contributed by atoms with Crippen LogP contribution in [0.1, 0.15) is 19.5 Å². The average molecular weight is 255 g/mol. The van der Waals surface area contributed by atoms with E-state index in [1.165, 1.54) is 0 Å². The lowest BCUT2D eigenvalue weighted by Crippen LogP contribution is -2.35. The van der Waals surface area contributed by atoms with Gasteiger partial charge in [0.2, 0.25) is 0 Å². The molecule has 0 bridgehead atoms. The fourth-order valence-corrected chi connectivity index (χ4v) is 1.34. The maximum Gasteiger partial charge on any atom is 0.323 e. The molecule has 0 aliphatic rings. The highest BCUT2D eigenvalue weighted by molar-refractivity contribution is 5.75. The molecule has 0 spiro atoms. The smallest absolute Gasteiger partial charge is 0.323 e. The summed E-state index contributed by atoms with van der Waals surface area (Å²) in [4.78, 5) is 18.3. The Labute approximate surface area is 107 Å². The number of nitrogens with two attached hydrogens (primary N) is 1. The second-order valence-electron chi connectivity index (χ2n) is 4.52. The van der Waals surface area contributed by atoms with Crippen molar-refractivity contribution in [3.8, 4) is 0 Å². The molecule has 0 saturated heterocycles. The van der Waals surface area contributed by atoms with Crippen LogP contribution in [0.25, 0.3) is 0 Å². The summed E-state index contributed by atoms with van der Waals surface area (Å²) in [7, 11) is 0. The molecule has 0 amide bonds. The quantitative estimate of drug-likeness (QED) is 0.521. The fraction of sp³-hybridized carbons (Fsp3) is 0.667. The van der Waals surface area contributed by atoms with Gasteiger partial charge in [0.05, 0.1) is 12.9 Å². The molecule has 0 aliphatic carbocycles. The van der Waals surface area contributed by atoms with Gasteiger partial charge in [0, 0.05) is 24.9 Å². The molecule has 1 aromatic rings. The van der Waals surface area contributed by atoms with Gasteiger partial charge in [0.15, 0.2) is 0 Å². The molecule has 6 nitrogen and oxygen atoms in total. The molecule has 0 aliphatic heterocycles. The predicted octanol–water partition coefficient (Wildman–Crippen LogP) is 0.495. The molecule has 102 valence electrons. The molecule has 1 aromatic heterocycles. The van der Waals surface area contributed by atoms with Gasteiger partial charge in [-0.3, -0.25) is 4.79 Å². The number of hydrogen-bond donors (Lipinski definition) is 2. The van der Waals surface area contributed by atoms with E-state index in [0.717, 1.165) is 5.69 Å². The summed E-state index contributed by atoms with van der Waals surface area (Å²) >= 11 is 0. The molecular weight excluding hydrogens is 234 g/mol. The summed E-state index contributed by atoms with van der Waals surface area (Å²) in [5.41, 5.74) is 6.52. The summed E-state index contributed by atoms with van der Waals surface area (Å²) in [5.74, 6) is 0.0566. The fourth-order valence-electron chi connectivity index (χ4n) is 1.34. The molecular formula is C12H21N3O3. The zero-order chi connectivity index (χ0) is 13.4. The van der Waals surface area contributed by atoms with E-state index in [2.05, 4.69) is 23.8 Å². The van der Waals surface area contributed by atoms with Crippen molar-refractivity contribution < 1.29 is 14.3 Å². The molecule has 1 rings (SSSR count). The van der Waals surface area contributed by atoms with Crippen molar-refractivity contribution in [2.45, 2.75) is 26.3 Å². The minimum absolute atomic E-state index is 0.238. The molecule has 0 fully saturated rings. The monoisotopic (exact) mass is 255 g/mol. The summed E-state index contributed by atoms with van der Waals surface area (Å²) in [5, 5.41) is 0. The van der Waals surface area contributed by atoms with Crippen molar-refractivity contribution >= 4 is 5.97 Å². The van der Waals surface area contributed by atoms with Crippen molar-refractivity contribution in [3.05, 3.63) is 18.2 Å². The summed E-state index contributed by atoms with van der Waals surface area (Å²) in [6, 6.07) is -0.671. The molecule has 1 heterocycles. The third-order valence-corrected chi connectivity index (χ3v) is 2.22. The Morgan fingerprint density at radius 1 is 1.50 bits per heavy atom. The highest BCUT2D eigenvalue weighted by Crippen LogP contribution is 1.98. The lowest BCUT2D eigenvalue weighted by Gasteiger charge is -2.11. The van der Waals surface area contributed by atoms with Crippen LogP contribution >= 0.6 is 0 Å². The predicted molar refractivity (Wildman–Crippen MR) is 66.9 cm³/mol. The zero-order valence-corrected chi connectivity index (χ0v) is 10.9. The Kier molecular flexibility index (Phi) is 6.38. The van der Waals surface area contributed by atoms with Gasteiger partial charge in [-0.15, -0.1) is 0 Å². The van der Waals surface area contributed by atoms with Crippen LogP contribution in [-0.2, 0) is 20.7 Å². The van der Waals surface area contributed by atoms with Crippen molar-refractivity contribution in [2.75, 3.05) is 19.8 Å². The number of imidazole rings is 1. The van der Waals surface area contributed by atoms with Crippen molar-refractivity contribution in [2.24, 2.45) is 11.7 Å². The Morgan fingerprint density at radius 3 is 2.89 bits per heavy atom. The molecule has 3 N–H and O–H groups in total. The normalized spacial score (nSPS) is 12.7. The number of nitrogens with zero attached hydrogens (tertiary/aromatic N) is 1. The van der Waals surface area contributed by atoms with E-state index in [4.69, 9.17) is 15.2 Å². The van der Waals surface area contributed by atoms with E-state index < -0.39 is 12.0 Å². The molecule has 1 atom stereocenters. The van der Waals surface area contributed by atoms with Gasteiger partial charge in [-0.2, -0.15) is 0 Å². The first-order valence-corrected chi connectivity index (χ1v) is 6.06. The Hall–Kier alpha value is -1.40. The summed E-state index contributed by atoms with van der Waals surface area (Å²) in [6.45, 7) is 5.43. The van der Waals surface area contributed by atoms with Gasteiger partial charge in [0.25, 0.3) is 0 Å². The third kappa shape index (κ3) is 5.79. The average Bonchev–Trinajstić information content (AvgIpc) is 2.80. The summed E-state index contributed by atoms with van der Waals surface area (Å²) in [6.07, 6.45) is 3.58. The van der Waals surface area contributed by atoms with E-state index in [9.17, 15) is 4.79 Å². The standard InChI is InChI=1S/C12H21N3O3/c1-9(2)7-17-3-4-18-12(16)11(13)5-10-6-14-8-15-10/h6,8-9,11H,3-5,7,13H2,1-2H3,(H,14,15)/t11-/m1/s1. The number of esters is 1. The number of rotatable bonds is 8. The SMILES string of the molecule is CC(C)COCCOC(=O)[C@H](N)Cc1cnc[nH]1. The lowest BCUT2D eigenvalue weighted by molar-refractivity contribution is -0.146. The van der Waals surface area contributed by atoms with Crippen LogP contribution < -0.4 is 5.73 Å². The second kappa shape index (κ2) is 7.84. The maximum absolute atomic E-state index is 11.5. The number of ether oxygens (including phenoxy) is 2. The van der Waals surface area contributed by atoms with E-state index in [1.807, 2.05) is 0 Å². The first kappa shape index (κ1) is 14.7. The number of nitrogens with one attached hydrogen (secondary N) is 1. The molecule has 6 heteroatoms. The van der Waals surface area contributed by atoms with E-state index in [1.54, 1.807) is 12.5 Å². The largest absolute Gasteiger partial charge is 0.462 e. The number of aromatic nitrogens is 2. The molecule has 0 saturated carbocycles. The number of hydrogen-bond acceptors (Lipinski definition) is 5. The second-order valence-corrected chi connectivity index (χ2v) is 4.52. The minimum atomic E-state index is -0.671. The van der Waals surface area contributed by atoms with Crippen LogP contribution in [0, 0.1) is 5.92 Å². The van der Waals surface area contributed by atoms with E-state index in [-0.39, 0.29) is 6.61 Å². The van der Waals surface area contributed by atoms with Gasteiger partial charge in [-0.1, -0.05) is 13.8 Å². The number of aromatic amines is 1. The van der Waals surface area contributed by atoms with Crippen LogP contribution in [0.3, 0.4) is 0 Å². The van der Waals surface area contributed by atoms with Crippen LogP contribution in [-0.4, -0.2) is 41.8 Å². The van der Waals surface area contributed by atoms with Crippen LogP contribution in [0.5, 0.6) is 0 Å². The number of H-pyrrole nitrogens is 1. The van der Waals surface area contributed by atoms with Gasteiger partial charge < -0.3 is 20.2 Å². The Morgan fingerprint density at radius 2 is 2.28 bits per heavy atom. The van der Waals surface area contributed by atoms with Crippen LogP contribution in [0.15, 0.2) is 12.5 Å². The number of carbonyl (C=O) groups excluding carboxylic acids is 1. The van der Waals surface area contributed by atoms with Crippen molar-refractivity contribution in [1.29, 1.82) is 0 Å². The highest BCUT2D eigenvalue weighted by Gasteiger charge is 2.16. The van der Waals surface area contributed by atoms with E-state index >= 15 is 0 Å². The Balaban J connectivity index is 2.12. The molecule has 0 aromatic carbocycles. The molecule has 0 unspecified atom stereocenters. The number of carbonyl (C=O) groups is 1. The first-order chi connectivity index (χ1) is 8.59. The summed E-state index contributed by atoms with van der Waals surface area (Å²) < 4.78 is 10.3. The Bertz CT molecular complexity index is 338. The van der Waals surface area contributed by atoms with Crippen LogP contribution in [0.4, 0.5) is 0 Å². The van der Waals surface area contributed by atoms with Gasteiger partial charge in [-0.25, -0.2) is 4.98 Å².